The van der Waals surface area contributed by atoms with Crippen molar-refractivity contribution in [1.82, 2.24) is 14.8 Å². The van der Waals surface area contributed by atoms with Crippen LogP contribution in [0.3, 0.4) is 0 Å². The molecule has 30 heavy (non-hydrogen) atoms. The second-order valence-electron chi connectivity index (χ2n) is 6.82. The van der Waals surface area contributed by atoms with Crippen molar-refractivity contribution in [2.24, 2.45) is 5.73 Å². The zero-order valence-electron chi connectivity index (χ0n) is 15.6. The fourth-order valence-corrected chi connectivity index (χ4v) is 3.70. The molecule has 0 unspecified atom stereocenters. The molecule has 152 valence electrons. The summed E-state index contributed by atoms with van der Waals surface area (Å²) >= 11 is 11.9. The first kappa shape index (κ1) is 20.0. The number of hydrogen-bond acceptors (Lipinski definition) is 3. The quantitative estimate of drug-likeness (QED) is 0.467. The van der Waals surface area contributed by atoms with E-state index in [9.17, 15) is 14.4 Å². The molecule has 3 aromatic rings. The highest BCUT2D eigenvalue weighted by Gasteiger charge is 2.33. The molecule has 1 aromatic heterocycles. The highest BCUT2D eigenvalue weighted by atomic mass is 35.5. The van der Waals surface area contributed by atoms with Gasteiger partial charge in [0.1, 0.15) is 12.2 Å². The number of urea groups is 1. The average Bonchev–Trinajstić information content (AvgIpc) is 3.17. The Hall–Kier alpha value is -3.29. The molecule has 2 aromatic carbocycles. The SMILES string of the molecule is NC(=O)Cn1cc(C=C2NC(=O)N(Cc3ccc(Cl)c(Cl)c3)C2=O)c2ccccc21. The van der Waals surface area contributed by atoms with Crippen LogP contribution in [0.25, 0.3) is 17.0 Å². The van der Waals surface area contributed by atoms with Crippen LogP contribution in [0.15, 0.2) is 54.4 Å². The van der Waals surface area contributed by atoms with Crippen LogP contribution in [0.1, 0.15) is 11.1 Å². The molecule has 9 heteroatoms. The normalized spacial score (nSPS) is 15.3. The third-order valence-corrected chi connectivity index (χ3v) is 5.47. The fraction of sp³-hybridized carbons (Fsp3) is 0.0952. The zero-order valence-corrected chi connectivity index (χ0v) is 17.1. The smallest absolute Gasteiger partial charge is 0.329 e. The zero-order chi connectivity index (χ0) is 21.4. The molecule has 3 N–H and O–H groups in total. The maximum atomic E-state index is 12.8. The van der Waals surface area contributed by atoms with Gasteiger partial charge in [-0.1, -0.05) is 47.5 Å². The number of aromatic nitrogens is 1. The minimum absolute atomic E-state index is 0.00738. The molecule has 1 fully saturated rings. The van der Waals surface area contributed by atoms with Crippen molar-refractivity contribution >= 4 is 58.0 Å². The predicted octanol–water partition coefficient (Wildman–Crippen LogP) is 3.53. The molecule has 0 radical (unpaired) electrons. The summed E-state index contributed by atoms with van der Waals surface area (Å²) in [7, 11) is 0. The van der Waals surface area contributed by atoms with E-state index in [0.29, 0.717) is 21.2 Å². The summed E-state index contributed by atoms with van der Waals surface area (Å²) in [5, 5.41) is 4.17. The number of imide groups is 1. The Morgan fingerprint density at radius 3 is 2.60 bits per heavy atom. The predicted molar refractivity (Wildman–Crippen MR) is 115 cm³/mol. The van der Waals surface area contributed by atoms with E-state index < -0.39 is 17.8 Å². The van der Waals surface area contributed by atoms with Crippen LogP contribution in [-0.2, 0) is 22.7 Å². The summed E-state index contributed by atoms with van der Waals surface area (Å²) in [5.74, 6) is -0.939. The molecule has 0 spiro atoms. The minimum atomic E-state index is -0.529. The van der Waals surface area contributed by atoms with Crippen molar-refractivity contribution in [2.75, 3.05) is 0 Å². The molecular formula is C21H16Cl2N4O3. The Morgan fingerprint density at radius 1 is 1.10 bits per heavy atom. The van der Waals surface area contributed by atoms with E-state index >= 15 is 0 Å². The minimum Gasteiger partial charge on any atom is -0.368 e. The van der Waals surface area contributed by atoms with Crippen LogP contribution < -0.4 is 11.1 Å². The van der Waals surface area contributed by atoms with Crippen molar-refractivity contribution in [3.63, 3.8) is 0 Å². The molecule has 1 aliphatic rings. The summed E-state index contributed by atoms with van der Waals surface area (Å²) < 4.78 is 1.71. The van der Waals surface area contributed by atoms with Crippen LogP contribution in [0.2, 0.25) is 10.0 Å². The number of fused-ring (bicyclic) bond motifs is 1. The number of nitrogens with zero attached hydrogens (tertiary/aromatic N) is 2. The Labute approximate surface area is 181 Å². The lowest BCUT2D eigenvalue weighted by Gasteiger charge is -2.12. The standard InChI is InChI=1S/C21H16Cl2N4O3/c22-15-6-5-12(7-16(15)23)9-27-20(29)17(25-21(27)30)8-13-10-26(11-19(24)28)18-4-2-1-3-14(13)18/h1-8,10H,9,11H2,(H2,24,28)(H,25,30). The summed E-state index contributed by atoms with van der Waals surface area (Å²) in [6.07, 6.45) is 3.32. The number of carbonyl (C=O) groups excluding carboxylic acids is 3. The number of benzene rings is 2. The number of amides is 4. The van der Waals surface area contributed by atoms with Gasteiger partial charge in [-0.15, -0.1) is 0 Å². The first-order valence-electron chi connectivity index (χ1n) is 8.98. The van der Waals surface area contributed by atoms with E-state index in [1.54, 1.807) is 35.0 Å². The molecule has 0 atom stereocenters. The second kappa shape index (κ2) is 7.85. The number of rotatable bonds is 5. The first-order chi connectivity index (χ1) is 14.3. The van der Waals surface area contributed by atoms with Gasteiger partial charge < -0.3 is 15.6 Å². The third kappa shape index (κ3) is 3.77. The van der Waals surface area contributed by atoms with Crippen molar-refractivity contribution < 1.29 is 14.4 Å². The third-order valence-electron chi connectivity index (χ3n) is 4.73. The maximum absolute atomic E-state index is 12.8. The van der Waals surface area contributed by atoms with Gasteiger partial charge in [-0.3, -0.25) is 14.5 Å². The van der Waals surface area contributed by atoms with E-state index in [1.807, 2.05) is 24.3 Å². The number of nitrogens with one attached hydrogen (secondary N) is 1. The van der Waals surface area contributed by atoms with E-state index in [1.165, 1.54) is 0 Å². The van der Waals surface area contributed by atoms with E-state index in [2.05, 4.69) is 5.32 Å². The molecular weight excluding hydrogens is 427 g/mol. The summed E-state index contributed by atoms with van der Waals surface area (Å²) in [6, 6.07) is 11.8. The molecule has 1 aliphatic heterocycles. The lowest BCUT2D eigenvalue weighted by molar-refractivity contribution is -0.123. The van der Waals surface area contributed by atoms with Crippen LogP contribution in [0.4, 0.5) is 4.79 Å². The fourth-order valence-electron chi connectivity index (χ4n) is 3.38. The number of carbonyl (C=O) groups is 3. The topological polar surface area (TPSA) is 97.4 Å². The Bertz CT molecular complexity index is 1230. The van der Waals surface area contributed by atoms with Gasteiger partial charge in [-0.2, -0.15) is 0 Å². The van der Waals surface area contributed by atoms with Gasteiger partial charge >= 0.3 is 6.03 Å². The number of hydrogen-bond donors (Lipinski definition) is 2. The summed E-state index contributed by atoms with van der Waals surface area (Å²) in [5.41, 5.74) is 7.63. The second-order valence-corrected chi connectivity index (χ2v) is 7.64. The van der Waals surface area contributed by atoms with E-state index in [4.69, 9.17) is 28.9 Å². The van der Waals surface area contributed by atoms with Gasteiger partial charge in [-0.05, 0) is 29.8 Å². The average molecular weight is 443 g/mol. The van der Waals surface area contributed by atoms with Crippen molar-refractivity contribution in [2.45, 2.75) is 13.1 Å². The Morgan fingerprint density at radius 2 is 1.87 bits per heavy atom. The number of primary amides is 1. The molecule has 0 bridgehead atoms. The van der Waals surface area contributed by atoms with Gasteiger partial charge in [0.2, 0.25) is 5.91 Å². The molecule has 4 amide bonds. The van der Waals surface area contributed by atoms with Crippen molar-refractivity contribution in [1.29, 1.82) is 0 Å². The van der Waals surface area contributed by atoms with Crippen molar-refractivity contribution in [3.8, 4) is 0 Å². The molecule has 4 rings (SSSR count). The Kier molecular flexibility index (Phi) is 5.24. The molecule has 2 heterocycles. The van der Waals surface area contributed by atoms with Crippen LogP contribution in [0.5, 0.6) is 0 Å². The number of para-hydroxylation sites is 1. The maximum Gasteiger partial charge on any atom is 0.329 e. The number of nitrogens with two attached hydrogens (primary N) is 1. The molecule has 7 nitrogen and oxygen atoms in total. The molecule has 1 saturated heterocycles. The van der Waals surface area contributed by atoms with E-state index in [-0.39, 0.29) is 18.8 Å². The van der Waals surface area contributed by atoms with Gasteiger partial charge in [0.25, 0.3) is 5.91 Å². The summed E-state index contributed by atoms with van der Waals surface area (Å²) in [6.45, 7) is 0.0653. The van der Waals surface area contributed by atoms with Crippen LogP contribution in [-0.4, -0.2) is 27.3 Å². The molecule has 0 aliphatic carbocycles. The van der Waals surface area contributed by atoms with Gasteiger partial charge in [0.15, 0.2) is 0 Å². The lowest BCUT2D eigenvalue weighted by atomic mass is 10.1. The first-order valence-corrected chi connectivity index (χ1v) is 9.73. The Balaban J connectivity index is 1.65. The van der Waals surface area contributed by atoms with Crippen molar-refractivity contribution in [3.05, 3.63) is 75.5 Å². The van der Waals surface area contributed by atoms with E-state index in [0.717, 1.165) is 15.8 Å². The summed E-state index contributed by atoms with van der Waals surface area (Å²) in [4.78, 5) is 37.7. The largest absolute Gasteiger partial charge is 0.368 e. The monoisotopic (exact) mass is 442 g/mol. The van der Waals surface area contributed by atoms with Gasteiger partial charge in [-0.25, -0.2) is 4.79 Å². The lowest BCUT2D eigenvalue weighted by Crippen LogP contribution is -2.30. The van der Waals surface area contributed by atoms with Gasteiger partial charge in [0, 0.05) is 22.7 Å². The van der Waals surface area contributed by atoms with Crippen LogP contribution in [0, 0.1) is 0 Å². The highest BCUT2D eigenvalue weighted by molar-refractivity contribution is 6.42. The molecule has 0 saturated carbocycles. The van der Waals surface area contributed by atoms with Gasteiger partial charge in [0.05, 0.1) is 16.6 Å². The van der Waals surface area contributed by atoms with Crippen LogP contribution >= 0.6 is 23.2 Å². The number of halogens is 2. The highest BCUT2D eigenvalue weighted by Crippen LogP contribution is 2.26.